The number of nitrogens with one attached hydrogen (secondary N) is 3. The highest BCUT2D eigenvalue weighted by atomic mass is 32.1. The zero-order chi connectivity index (χ0) is 25.0. The third-order valence-corrected chi connectivity index (χ3v) is 5.83. The number of carboxylic acid groups (broad SMARTS) is 1. The molecule has 0 saturated heterocycles. The van der Waals surface area contributed by atoms with Crippen molar-refractivity contribution in [2.45, 2.75) is 77.5 Å². The molecular formula is C20H37N5O6S. The lowest BCUT2D eigenvalue weighted by molar-refractivity contribution is -0.144. The monoisotopic (exact) mass is 475 g/mol. The summed E-state index contributed by atoms with van der Waals surface area (Å²) in [5, 5.41) is 16.8. The average molecular weight is 476 g/mol. The number of hydrogen-bond acceptors (Lipinski definition) is 7. The first-order valence-corrected chi connectivity index (χ1v) is 11.3. The highest BCUT2D eigenvalue weighted by molar-refractivity contribution is 7.80. The van der Waals surface area contributed by atoms with Gasteiger partial charge in [-0.3, -0.25) is 19.2 Å². The van der Waals surface area contributed by atoms with E-state index in [1.807, 2.05) is 6.92 Å². The Labute approximate surface area is 194 Å². The molecular weight excluding hydrogens is 438 g/mol. The second kappa shape index (κ2) is 14.7. The average Bonchev–Trinajstić information content (AvgIpc) is 2.75. The summed E-state index contributed by atoms with van der Waals surface area (Å²) < 4.78 is 0. The maximum absolute atomic E-state index is 12.7. The highest BCUT2D eigenvalue weighted by Gasteiger charge is 2.32. The fourth-order valence-electron chi connectivity index (χ4n) is 2.74. The number of thiol groups is 1. The van der Waals surface area contributed by atoms with Crippen molar-refractivity contribution in [3.8, 4) is 0 Å². The van der Waals surface area contributed by atoms with Crippen LogP contribution >= 0.6 is 12.6 Å². The largest absolute Gasteiger partial charge is 0.480 e. The van der Waals surface area contributed by atoms with E-state index in [9.17, 15) is 29.1 Å². The maximum atomic E-state index is 12.7. The maximum Gasteiger partial charge on any atom is 0.326 e. The molecule has 0 radical (unpaired) electrons. The summed E-state index contributed by atoms with van der Waals surface area (Å²) in [6, 6.07) is -4.32. The third kappa shape index (κ3) is 9.86. The van der Waals surface area contributed by atoms with Crippen LogP contribution < -0.4 is 27.4 Å². The van der Waals surface area contributed by atoms with Crippen LogP contribution in [0.5, 0.6) is 0 Å². The summed E-state index contributed by atoms with van der Waals surface area (Å²) in [6.45, 7) is 7.14. The van der Waals surface area contributed by atoms with Crippen molar-refractivity contribution < 1.29 is 29.1 Å². The van der Waals surface area contributed by atoms with Crippen molar-refractivity contribution in [2.75, 3.05) is 5.75 Å². The fourth-order valence-corrected chi connectivity index (χ4v) is 3.00. The minimum atomic E-state index is -1.23. The molecule has 32 heavy (non-hydrogen) atoms. The summed E-state index contributed by atoms with van der Waals surface area (Å²) >= 11 is 4.08. The van der Waals surface area contributed by atoms with Crippen molar-refractivity contribution >= 4 is 42.2 Å². The number of nitrogens with two attached hydrogens (primary N) is 2. The van der Waals surface area contributed by atoms with Crippen LogP contribution in [0.3, 0.4) is 0 Å². The van der Waals surface area contributed by atoms with E-state index in [1.54, 1.807) is 20.8 Å². The summed E-state index contributed by atoms with van der Waals surface area (Å²) in [6.07, 6.45) is 0.817. The number of hydrogen-bond donors (Lipinski definition) is 7. The van der Waals surface area contributed by atoms with Gasteiger partial charge in [0.15, 0.2) is 0 Å². The standard InChI is InChI=1S/C20H37N5O6S/c1-5-10(3)15(22)19(29)24-13(9-32)18(28)23-12(7-8-14(21)26)17(27)25-16(20(30)31)11(4)6-2/h10-13,15-16,32H,5-9,22H2,1-4H3,(H2,21,26)(H,23,28)(H,24,29)(H,25,27)(H,30,31). The first-order chi connectivity index (χ1) is 14.9. The Morgan fingerprint density at radius 2 is 1.38 bits per heavy atom. The molecule has 0 aromatic heterocycles. The molecule has 0 spiro atoms. The predicted octanol–water partition coefficient (Wildman–Crippen LogP) is -0.860. The van der Waals surface area contributed by atoms with Gasteiger partial charge in [0.25, 0.3) is 0 Å². The SMILES string of the molecule is CCC(C)C(N)C(=O)NC(CS)C(=O)NC(CCC(N)=O)C(=O)NC(C(=O)O)C(C)CC. The smallest absolute Gasteiger partial charge is 0.326 e. The third-order valence-electron chi connectivity index (χ3n) is 5.46. The number of aliphatic carboxylic acids is 1. The van der Waals surface area contributed by atoms with Crippen molar-refractivity contribution in [1.29, 1.82) is 0 Å². The van der Waals surface area contributed by atoms with Crippen LogP contribution in [0.1, 0.15) is 53.4 Å². The summed E-state index contributed by atoms with van der Waals surface area (Å²) in [7, 11) is 0. The van der Waals surface area contributed by atoms with Gasteiger partial charge in [0.2, 0.25) is 23.6 Å². The van der Waals surface area contributed by atoms with Crippen molar-refractivity contribution in [3.05, 3.63) is 0 Å². The Morgan fingerprint density at radius 1 is 0.875 bits per heavy atom. The van der Waals surface area contributed by atoms with Crippen LogP contribution in [0.15, 0.2) is 0 Å². The van der Waals surface area contributed by atoms with E-state index in [1.165, 1.54) is 0 Å². The number of carboxylic acids is 1. The Morgan fingerprint density at radius 3 is 1.81 bits per heavy atom. The normalized spacial score (nSPS) is 16.6. The second-order valence-electron chi connectivity index (χ2n) is 7.93. The minimum Gasteiger partial charge on any atom is -0.480 e. The zero-order valence-electron chi connectivity index (χ0n) is 19.1. The lowest BCUT2D eigenvalue weighted by Crippen LogP contribution is -2.58. The van der Waals surface area contributed by atoms with Gasteiger partial charge in [0, 0.05) is 12.2 Å². The van der Waals surface area contributed by atoms with E-state index in [0.29, 0.717) is 12.8 Å². The molecule has 6 atom stereocenters. The second-order valence-corrected chi connectivity index (χ2v) is 8.30. The topological polar surface area (TPSA) is 194 Å². The van der Waals surface area contributed by atoms with Crippen LogP contribution in [0.4, 0.5) is 0 Å². The Bertz CT molecular complexity index is 677. The van der Waals surface area contributed by atoms with Crippen LogP contribution in [0.25, 0.3) is 0 Å². The van der Waals surface area contributed by atoms with Gasteiger partial charge >= 0.3 is 5.97 Å². The molecule has 4 amide bonds. The van der Waals surface area contributed by atoms with E-state index < -0.39 is 53.8 Å². The van der Waals surface area contributed by atoms with Gasteiger partial charge in [-0.2, -0.15) is 12.6 Å². The predicted molar refractivity (Wildman–Crippen MR) is 123 cm³/mol. The van der Waals surface area contributed by atoms with Gasteiger partial charge in [-0.1, -0.05) is 40.5 Å². The molecule has 0 bridgehead atoms. The molecule has 0 rings (SSSR count). The number of amides is 4. The molecule has 184 valence electrons. The molecule has 0 saturated carbocycles. The van der Waals surface area contributed by atoms with E-state index in [4.69, 9.17) is 11.5 Å². The summed E-state index contributed by atoms with van der Waals surface area (Å²) in [4.78, 5) is 60.5. The molecule has 8 N–H and O–H groups in total. The highest BCUT2D eigenvalue weighted by Crippen LogP contribution is 2.10. The Balaban J connectivity index is 5.42. The van der Waals surface area contributed by atoms with Gasteiger partial charge in [-0.15, -0.1) is 0 Å². The van der Waals surface area contributed by atoms with Gasteiger partial charge in [-0.25, -0.2) is 4.79 Å². The van der Waals surface area contributed by atoms with E-state index in [2.05, 4.69) is 28.6 Å². The van der Waals surface area contributed by atoms with E-state index in [0.717, 1.165) is 0 Å². The molecule has 12 heteroatoms. The lowest BCUT2D eigenvalue weighted by Gasteiger charge is -2.26. The van der Waals surface area contributed by atoms with Gasteiger partial charge < -0.3 is 32.5 Å². The van der Waals surface area contributed by atoms with E-state index in [-0.39, 0.29) is 30.4 Å². The van der Waals surface area contributed by atoms with Gasteiger partial charge in [0.05, 0.1) is 6.04 Å². The quantitative estimate of drug-likeness (QED) is 0.150. The molecule has 6 unspecified atom stereocenters. The van der Waals surface area contributed by atoms with Crippen molar-refractivity contribution in [2.24, 2.45) is 23.3 Å². The minimum absolute atomic E-state index is 0.0699. The van der Waals surface area contributed by atoms with Crippen LogP contribution in [0, 0.1) is 11.8 Å². The molecule has 0 aromatic rings. The number of carbonyl (C=O) groups excluding carboxylic acids is 4. The van der Waals surface area contributed by atoms with Crippen LogP contribution in [-0.2, 0) is 24.0 Å². The summed E-state index contributed by atoms with van der Waals surface area (Å²) in [5.74, 6) is -4.47. The summed E-state index contributed by atoms with van der Waals surface area (Å²) in [5.41, 5.74) is 11.0. The van der Waals surface area contributed by atoms with Gasteiger partial charge in [-0.05, 0) is 18.3 Å². The van der Waals surface area contributed by atoms with Crippen LogP contribution in [0.2, 0.25) is 0 Å². The first-order valence-electron chi connectivity index (χ1n) is 10.7. The van der Waals surface area contributed by atoms with E-state index >= 15 is 0 Å². The molecule has 0 heterocycles. The molecule has 0 aliphatic carbocycles. The zero-order valence-corrected chi connectivity index (χ0v) is 20.0. The number of carbonyl (C=O) groups is 5. The van der Waals surface area contributed by atoms with Gasteiger partial charge in [0.1, 0.15) is 18.1 Å². The molecule has 0 aromatic carbocycles. The fraction of sp³-hybridized carbons (Fsp3) is 0.750. The Kier molecular flexibility index (Phi) is 13.6. The number of primary amides is 1. The lowest BCUT2D eigenvalue weighted by atomic mass is 9.98. The Hall–Kier alpha value is -2.34. The molecule has 0 fully saturated rings. The van der Waals surface area contributed by atoms with Crippen LogP contribution in [-0.4, -0.2) is 64.6 Å². The van der Waals surface area contributed by atoms with Crippen molar-refractivity contribution in [3.63, 3.8) is 0 Å². The molecule has 0 aliphatic heterocycles. The van der Waals surface area contributed by atoms with Crippen molar-refractivity contribution in [1.82, 2.24) is 16.0 Å². The molecule has 11 nitrogen and oxygen atoms in total. The number of rotatable bonds is 15. The molecule has 0 aliphatic rings. The first kappa shape index (κ1) is 29.7.